The Balaban J connectivity index is 1.93. The molecule has 1 aromatic heterocycles. The van der Waals surface area contributed by atoms with E-state index in [-0.39, 0.29) is 28.6 Å². The molecule has 0 saturated heterocycles. The Morgan fingerprint density at radius 2 is 2.12 bits per heavy atom. The fraction of sp³-hybridized carbons (Fsp3) is 0.125. The second-order valence-corrected chi connectivity index (χ2v) is 5.59. The van der Waals surface area contributed by atoms with Gasteiger partial charge in [-0.2, -0.15) is 5.10 Å². The van der Waals surface area contributed by atoms with E-state index in [1.807, 2.05) is 0 Å². The molecule has 0 unspecified atom stereocenters. The Morgan fingerprint density at radius 1 is 1.35 bits per heavy atom. The minimum absolute atomic E-state index is 0.0316. The van der Waals surface area contributed by atoms with Crippen LogP contribution in [0.4, 0.5) is 11.4 Å². The van der Waals surface area contributed by atoms with Gasteiger partial charge < -0.3 is 5.32 Å². The molecule has 0 fully saturated rings. The second kappa shape index (κ2) is 8.67. The molecule has 0 saturated carbocycles. The number of nitro benzene ring substituents is 1. The van der Waals surface area contributed by atoms with E-state index in [1.54, 1.807) is 25.3 Å². The van der Waals surface area contributed by atoms with Crippen molar-refractivity contribution in [2.75, 3.05) is 5.32 Å². The number of nitro groups is 1. The van der Waals surface area contributed by atoms with Crippen molar-refractivity contribution in [1.29, 1.82) is 0 Å². The van der Waals surface area contributed by atoms with Crippen LogP contribution in [0, 0.1) is 10.1 Å². The lowest BCUT2D eigenvalue weighted by atomic mass is 10.2. The molecule has 2 amide bonds. The minimum atomic E-state index is -0.646. The number of hydrogen-bond acceptors (Lipinski definition) is 6. The van der Waals surface area contributed by atoms with Gasteiger partial charge in [-0.05, 0) is 31.2 Å². The first-order valence-electron chi connectivity index (χ1n) is 7.34. The molecule has 9 nitrogen and oxygen atoms in total. The van der Waals surface area contributed by atoms with Gasteiger partial charge in [0.15, 0.2) is 0 Å². The number of carbonyl (C=O) groups is 2. The Morgan fingerprint density at radius 3 is 2.73 bits per heavy atom. The number of halogens is 1. The maximum absolute atomic E-state index is 12.0. The van der Waals surface area contributed by atoms with Crippen LogP contribution >= 0.6 is 11.6 Å². The highest BCUT2D eigenvalue weighted by Gasteiger charge is 2.15. The highest BCUT2D eigenvalue weighted by Crippen LogP contribution is 2.24. The summed E-state index contributed by atoms with van der Waals surface area (Å²) in [4.78, 5) is 37.8. The van der Waals surface area contributed by atoms with Crippen molar-refractivity contribution < 1.29 is 14.5 Å². The third-order valence-electron chi connectivity index (χ3n) is 3.12. The third kappa shape index (κ3) is 5.35. The smallest absolute Gasteiger partial charge is 0.287 e. The number of hydrogen-bond donors (Lipinski definition) is 2. The largest absolute Gasteiger partial charge is 0.324 e. The van der Waals surface area contributed by atoms with Gasteiger partial charge in [-0.1, -0.05) is 11.6 Å². The molecule has 134 valence electrons. The molecular weight excluding hydrogens is 362 g/mol. The van der Waals surface area contributed by atoms with Crippen molar-refractivity contribution in [2.24, 2.45) is 5.10 Å². The van der Waals surface area contributed by atoms with Crippen LogP contribution < -0.4 is 10.7 Å². The van der Waals surface area contributed by atoms with Crippen molar-refractivity contribution in [3.05, 3.63) is 63.4 Å². The highest BCUT2D eigenvalue weighted by molar-refractivity contribution is 6.33. The molecule has 2 aromatic rings. The van der Waals surface area contributed by atoms with Gasteiger partial charge in [-0.25, -0.2) is 5.43 Å². The van der Waals surface area contributed by atoms with Crippen LogP contribution in [-0.2, 0) is 4.79 Å². The fourth-order valence-electron chi connectivity index (χ4n) is 1.92. The summed E-state index contributed by atoms with van der Waals surface area (Å²) in [6.45, 7) is 1.58. The van der Waals surface area contributed by atoms with Gasteiger partial charge in [0.05, 0.1) is 23.2 Å². The summed E-state index contributed by atoms with van der Waals surface area (Å²) in [6.07, 6.45) is 3.06. The van der Waals surface area contributed by atoms with Crippen LogP contribution in [0.5, 0.6) is 0 Å². The SMILES string of the molecule is C/C(CC(=O)Nc1cccnc1)=N/NC(=O)c1ccc([N+](=O)[O-])c(Cl)c1. The van der Waals surface area contributed by atoms with Gasteiger partial charge in [0.1, 0.15) is 5.02 Å². The van der Waals surface area contributed by atoms with E-state index in [4.69, 9.17) is 11.6 Å². The normalized spacial score (nSPS) is 10.9. The van der Waals surface area contributed by atoms with Crippen LogP contribution in [0.25, 0.3) is 0 Å². The van der Waals surface area contributed by atoms with Crippen LogP contribution in [0.2, 0.25) is 5.02 Å². The van der Waals surface area contributed by atoms with Gasteiger partial charge in [-0.15, -0.1) is 0 Å². The molecule has 0 atom stereocenters. The summed E-state index contributed by atoms with van der Waals surface area (Å²) in [7, 11) is 0. The maximum Gasteiger partial charge on any atom is 0.287 e. The molecule has 0 radical (unpaired) electrons. The molecular formula is C16H14ClN5O4. The van der Waals surface area contributed by atoms with Crippen molar-refractivity contribution in [3.63, 3.8) is 0 Å². The molecule has 1 aromatic carbocycles. The predicted octanol–water partition coefficient (Wildman–Crippen LogP) is 2.78. The van der Waals surface area contributed by atoms with Crippen LogP contribution in [0.15, 0.2) is 47.8 Å². The Bertz CT molecular complexity index is 870. The quantitative estimate of drug-likeness (QED) is 0.456. The van der Waals surface area contributed by atoms with Crippen molar-refractivity contribution in [2.45, 2.75) is 13.3 Å². The third-order valence-corrected chi connectivity index (χ3v) is 3.42. The zero-order chi connectivity index (χ0) is 19.1. The average Bonchev–Trinajstić information content (AvgIpc) is 2.60. The Hall–Kier alpha value is -3.33. The zero-order valence-corrected chi connectivity index (χ0v) is 14.4. The molecule has 0 bridgehead atoms. The molecule has 26 heavy (non-hydrogen) atoms. The van der Waals surface area contributed by atoms with Crippen LogP contribution in [-0.4, -0.2) is 27.4 Å². The number of nitrogens with one attached hydrogen (secondary N) is 2. The van der Waals surface area contributed by atoms with Gasteiger partial charge in [0.25, 0.3) is 11.6 Å². The number of hydrazone groups is 1. The van der Waals surface area contributed by atoms with E-state index >= 15 is 0 Å². The molecule has 10 heteroatoms. The number of rotatable bonds is 6. The lowest BCUT2D eigenvalue weighted by Gasteiger charge is -2.05. The van der Waals surface area contributed by atoms with Gasteiger partial charge in [-0.3, -0.25) is 24.7 Å². The van der Waals surface area contributed by atoms with E-state index in [0.717, 1.165) is 6.07 Å². The second-order valence-electron chi connectivity index (χ2n) is 5.18. The van der Waals surface area contributed by atoms with Crippen molar-refractivity contribution >= 4 is 40.5 Å². The van der Waals surface area contributed by atoms with Crippen molar-refractivity contribution in [3.8, 4) is 0 Å². The van der Waals surface area contributed by atoms with E-state index in [9.17, 15) is 19.7 Å². The molecule has 0 aliphatic carbocycles. The number of pyridine rings is 1. The van der Waals surface area contributed by atoms with E-state index in [0.29, 0.717) is 11.4 Å². The van der Waals surface area contributed by atoms with Gasteiger partial charge in [0, 0.05) is 23.5 Å². The summed E-state index contributed by atoms with van der Waals surface area (Å²) >= 11 is 5.76. The van der Waals surface area contributed by atoms with Gasteiger partial charge in [0.2, 0.25) is 5.91 Å². The number of carbonyl (C=O) groups excluding carboxylic acids is 2. The maximum atomic E-state index is 12.0. The molecule has 2 N–H and O–H groups in total. The molecule has 0 aliphatic rings. The predicted molar refractivity (Wildman–Crippen MR) is 96.2 cm³/mol. The van der Waals surface area contributed by atoms with E-state index < -0.39 is 10.8 Å². The standard InChI is InChI=1S/C16H14ClN5O4/c1-10(7-15(23)19-12-3-2-6-18-9-12)20-21-16(24)11-4-5-14(22(25)26)13(17)8-11/h2-6,8-9H,7H2,1H3,(H,19,23)(H,21,24)/b20-10-. The molecule has 2 rings (SSSR count). The van der Waals surface area contributed by atoms with Crippen LogP contribution in [0.1, 0.15) is 23.7 Å². The number of benzene rings is 1. The van der Waals surface area contributed by atoms with E-state index in [1.165, 1.54) is 18.3 Å². The van der Waals surface area contributed by atoms with E-state index in [2.05, 4.69) is 20.8 Å². The number of amides is 2. The monoisotopic (exact) mass is 375 g/mol. The zero-order valence-electron chi connectivity index (χ0n) is 13.6. The number of nitrogens with zero attached hydrogens (tertiary/aromatic N) is 3. The number of anilines is 1. The summed E-state index contributed by atoms with van der Waals surface area (Å²) in [5.74, 6) is -0.916. The minimum Gasteiger partial charge on any atom is -0.324 e. The van der Waals surface area contributed by atoms with Crippen molar-refractivity contribution in [1.82, 2.24) is 10.4 Å². The summed E-state index contributed by atoms with van der Waals surface area (Å²) in [6, 6.07) is 6.95. The first kappa shape index (κ1) is 19.0. The lowest BCUT2D eigenvalue weighted by Crippen LogP contribution is -2.21. The highest BCUT2D eigenvalue weighted by atomic mass is 35.5. The Labute approximate surface area is 153 Å². The van der Waals surface area contributed by atoms with Crippen LogP contribution in [0.3, 0.4) is 0 Å². The lowest BCUT2D eigenvalue weighted by molar-refractivity contribution is -0.384. The number of aromatic nitrogens is 1. The average molecular weight is 376 g/mol. The first-order chi connectivity index (χ1) is 12.4. The fourth-order valence-corrected chi connectivity index (χ4v) is 2.17. The molecule has 0 aliphatic heterocycles. The first-order valence-corrected chi connectivity index (χ1v) is 7.72. The topological polar surface area (TPSA) is 127 Å². The summed E-state index contributed by atoms with van der Waals surface area (Å²) in [5, 5.41) is 17.0. The molecule has 0 spiro atoms. The summed E-state index contributed by atoms with van der Waals surface area (Å²) in [5.41, 5.74) is 3.00. The Kier molecular flexibility index (Phi) is 6.34. The molecule has 1 heterocycles. The van der Waals surface area contributed by atoms with Gasteiger partial charge >= 0.3 is 0 Å². The summed E-state index contributed by atoms with van der Waals surface area (Å²) < 4.78 is 0.